The van der Waals surface area contributed by atoms with E-state index in [1.54, 1.807) is 7.05 Å². The van der Waals surface area contributed by atoms with E-state index in [4.69, 9.17) is 4.74 Å². The predicted molar refractivity (Wildman–Crippen MR) is 68.5 cm³/mol. The predicted octanol–water partition coefficient (Wildman–Crippen LogP) is 1.81. The molecular weight excluding hydrogens is 273 g/mol. The Morgan fingerprint density at radius 1 is 1.35 bits per heavy atom. The van der Waals surface area contributed by atoms with Crippen molar-refractivity contribution in [3.8, 4) is 5.75 Å². The number of halogens is 3. The first-order valence-electron chi connectivity index (χ1n) is 6.07. The SMILES string of the molecule is CNC(C)CNC(=O)COc1ccccc1C(F)(F)F. The number of ether oxygens (including phenoxy) is 1. The van der Waals surface area contributed by atoms with Crippen molar-refractivity contribution in [2.75, 3.05) is 20.2 Å². The number of likely N-dealkylation sites (N-methyl/N-ethyl adjacent to an activating group) is 1. The Morgan fingerprint density at radius 2 is 2.00 bits per heavy atom. The molecule has 0 radical (unpaired) electrons. The van der Waals surface area contributed by atoms with E-state index in [1.165, 1.54) is 18.2 Å². The maximum atomic E-state index is 12.7. The first-order valence-corrected chi connectivity index (χ1v) is 6.07. The van der Waals surface area contributed by atoms with Gasteiger partial charge in [-0.2, -0.15) is 13.2 Å². The lowest BCUT2D eigenvalue weighted by Gasteiger charge is -2.14. The van der Waals surface area contributed by atoms with E-state index in [1.807, 2.05) is 6.92 Å². The molecule has 1 atom stereocenters. The minimum atomic E-state index is -4.51. The fraction of sp³-hybridized carbons (Fsp3) is 0.462. The third-order valence-corrected chi connectivity index (χ3v) is 2.65. The summed E-state index contributed by atoms with van der Waals surface area (Å²) in [6.07, 6.45) is -4.51. The quantitative estimate of drug-likeness (QED) is 0.840. The summed E-state index contributed by atoms with van der Waals surface area (Å²) in [6.45, 7) is 1.78. The topological polar surface area (TPSA) is 50.4 Å². The molecule has 2 N–H and O–H groups in total. The number of para-hydroxylation sites is 1. The summed E-state index contributed by atoms with van der Waals surface area (Å²) in [7, 11) is 1.74. The molecule has 1 amide bonds. The van der Waals surface area contributed by atoms with Crippen LogP contribution in [0.4, 0.5) is 13.2 Å². The minimum Gasteiger partial charge on any atom is -0.483 e. The Kier molecular flexibility index (Phi) is 5.82. The van der Waals surface area contributed by atoms with Crippen molar-refractivity contribution in [2.24, 2.45) is 0 Å². The van der Waals surface area contributed by atoms with Gasteiger partial charge in [0.2, 0.25) is 0 Å². The molecule has 0 fully saturated rings. The summed E-state index contributed by atoms with van der Waals surface area (Å²) in [4.78, 5) is 11.5. The van der Waals surface area contributed by atoms with Crippen LogP contribution in [0.15, 0.2) is 24.3 Å². The largest absolute Gasteiger partial charge is 0.483 e. The Morgan fingerprint density at radius 3 is 2.60 bits per heavy atom. The van der Waals surface area contributed by atoms with Crippen LogP contribution in [-0.2, 0) is 11.0 Å². The Balaban J connectivity index is 2.56. The van der Waals surface area contributed by atoms with Crippen molar-refractivity contribution in [1.29, 1.82) is 0 Å². The lowest BCUT2D eigenvalue weighted by Crippen LogP contribution is -2.39. The van der Waals surface area contributed by atoms with Crippen molar-refractivity contribution in [1.82, 2.24) is 10.6 Å². The number of carbonyl (C=O) groups excluding carboxylic acids is 1. The third-order valence-electron chi connectivity index (χ3n) is 2.65. The smallest absolute Gasteiger partial charge is 0.419 e. The van der Waals surface area contributed by atoms with Gasteiger partial charge in [-0.1, -0.05) is 12.1 Å². The van der Waals surface area contributed by atoms with E-state index in [0.717, 1.165) is 6.07 Å². The lowest BCUT2D eigenvalue weighted by atomic mass is 10.2. The van der Waals surface area contributed by atoms with Gasteiger partial charge in [0.15, 0.2) is 6.61 Å². The molecule has 1 aromatic carbocycles. The van der Waals surface area contributed by atoms with E-state index in [-0.39, 0.29) is 11.8 Å². The van der Waals surface area contributed by atoms with Crippen LogP contribution < -0.4 is 15.4 Å². The molecule has 0 bridgehead atoms. The normalized spacial score (nSPS) is 12.8. The summed E-state index contributed by atoms with van der Waals surface area (Å²) in [6, 6.07) is 4.86. The highest BCUT2D eigenvalue weighted by molar-refractivity contribution is 5.77. The zero-order chi connectivity index (χ0) is 15.2. The fourth-order valence-corrected chi connectivity index (χ4v) is 1.39. The molecule has 0 heterocycles. The van der Waals surface area contributed by atoms with Gasteiger partial charge in [-0.05, 0) is 26.1 Å². The van der Waals surface area contributed by atoms with Gasteiger partial charge in [0.05, 0.1) is 5.56 Å². The van der Waals surface area contributed by atoms with Gasteiger partial charge >= 0.3 is 6.18 Å². The maximum Gasteiger partial charge on any atom is 0.419 e. The van der Waals surface area contributed by atoms with E-state index >= 15 is 0 Å². The molecular formula is C13H17F3N2O2. The van der Waals surface area contributed by atoms with Crippen molar-refractivity contribution >= 4 is 5.91 Å². The molecule has 0 aliphatic rings. The molecule has 112 valence electrons. The highest BCUT2D eigenvalue weighted by Gasteiger charge is 2.34. The monoisotopic (exact) mass is 290 g/mol. The second-order valence-corrected chi connectivity index (χ2v) is 4.28. The lowest BCUT2D eigenvalue weighted by molar-refractivity contribution is -0.139. The second kappa shape index (κ2) is 7.14. The van der Waals surface area contributed by atoms with Crippen molar-refractivity contribution in [2.45, 2.75) is 19.1 Å². The molecule has 0 saturated heterocycles. The van der Waals surface area contributed by atoms with Gasteiger partial charge in [-0.3, -0.25) is 4.79 Å². The molecule has 0 aliphatic carbocycles. The van der Waals surface area contributed by atoms with Gasteiger partial charge in [0.25, 0.3) is 5.91 Å². The molecule has 0 aliphatic heterocycles. The molecule has 1 unspecified atom stereocenters. The van der Waals surface area contributed by atoms with E-state index in [9.17, 15) is 18.0 Å². The number of benzene rings is 1. The Labute approximate surface area is 115 Å². The van der Waals surface area contributed by atoms with E-state index in [2.05, 4.69) is 10.6 Å². The zero-order valence-electron chi connectivity index (χ0n) is 11.3. The summed E-state index contributed by atoms with van der Waals surface area (Å²) in [5.74, 6) is -0.819. The third kappa shape index (κ3) is 5.08. The average molecular weight is 290 g/mol. The van der Waals surface area contributed by atoms with Crippen molar-refractivity contribution in [3.05, 3.63) is 29.8 Å². The van der Waals surface area contributed by atoms with E-state index < -0.39 is 24.3 Å². The maximum absolute atomic E-state index is 12.7. The second-order valence-electron chi connectivity index (χ2n) is 4.28. The van der Waals surface area contributed by atoms with Crippen LogP contribution in [0.2, 0.25) is 0 Å². The number of carbonyl (C=O) groups is 1. The van der Waals surface area contributed by atoms with Crippen molar-refractivity contribution in [3.63, 3.8) is 0 Å². The molecule has 0 aromatic heterocycles. The zero-order valence-corrected chi connectivity index (χ0v) is 11.3. The van der Waals surface area contributed by atoms with Crippen LogP contribution in [0.5, 0.6) is 5.75 Å². The van der Waals surface area contributed by atoms with Crippen LogP contribution in [0.3, 0.4) is 0 Å². The van der Waals surface area contributed by atoms with Gasteiger partial charge < -0.3 is 15.4 Å². The Hall–Kier alpha value is -1.76. The number of alkyl halides is 3. The molecule has 1 rings (SSSR count). The standard InChI is InChI=1S/C13H17F3N2O2/c1-9(17-2)7-18-12(19)8-20-11-6-4-3-5-10(11)13(14,15)16/h3-6,9,17H,7-8H2,1-2H3,(H,18,19). The summed E-state index contributed by atoms with van der Waals surface area (Å²) in [5.41, 5.74) is -0.892. The molecule has 4 nitrogen and oxygen atoms in total. The first-order chi connectivity index (χ1) is 9.34. The molecule has 0 spiro atoms. The molecule has 7 heteroatoms. The number of hydrogen-bond donors (Lipinski definition) is 2. The van der Waals surface area contributed by atoms with Crippen LogP contribution >= 0.6 is 0 Å². The molecule has 1 aromatic rings. The van der Waals surface area contributed by atoms with Gasteiger partial charge in [0, 0.05) is 12.6 Å². The molecule has 0 saturated carbocycles. The van der Waals surface area contributed by atoms with Crippen LogP contribution in [0.25, 0.3) is 0 Å². The van der Waals surface area contributed by atoms with Crippen LogP contribution in [-0.4, -0.2) is 32.1 Å². The summed E-state index contributed by atoms with van der Waals surface area (Å²) in [5, 5.41) is 5.47. The molecule has 20 heavy (non-hydrogen) atoms. The van der Waals surface area contributed by atoms with E-state index in [0.29, 0.717) is 6.54 Å². The van der Waals surface area contributed by atoms with Gasteiger partial charge in [-0.25, -0.2) is 0 Å². The van der Waals surface area contributed by atoms with Gasteiger partial charge in [-0.15, -0.1) is 0 Å². The number of nitrogens with one attached hydrogen (secondary N) is 2. The number of rotatable bonds is 6. The highest BCUT2D eigenvalue weighted by Crippen LogP contribution is 2.35. The fourth-order valence-electron chi connectivity index (χ4n) is 1.39. The first kappa shape index (κ1) is 16.3. The summed E-state index contributed by atoms with van der Waals surface area (Å²) < 4.78 is 43.0. The van der Waals surface area contributed by atoms with Crippen LogP contribution in [0.1, 0.15) is 12.5 Å². The van der Waals surface area contributed by atoms with Crippen LogP contribution in [0, 0.1) is 0 Å². The highest BCUT2D eigenvalue weighted by atomic mass is 19.4. The minimum absolute atomic E-state index is 0.0708. The average Bonchev–Trinajstić information content (AvgIpc) is 2.41. The number of amides is 1. The van der Waals surface area contributed by atoms with Crippen molar-refractivity contribution < 1.29 is 22.7 Å². The summed E-state index contributed by atoms with van der Waals surface area (Å²) >= 11 is 0. The Bertz CT molecular complexity index is 449. The van der Waals surface area contributed by atoms with Gasteiger partial charge in [0.1, 0.15) is 5.75 Å². The number of hydrogen-bond acceptors (Lipinski definition) is 3.